The maximum absolute atomic E-state index is 14.6. The summed E-state index contributed by atoms with van der Waals surface area (Å²) < 4.78 is 39.8. The monoisotopic (exact) mass is 370 g/mol. The third-order valence-electron chi connectivity index (χ3n) is 4.27. The molecule has 27 heavy (non-hydrogen) atoms. The van der Waals surface area contributed by atoms with Gasteiger partial charge in [0.05, 0.1) is 31.2 Å². The van der Waals surface area contributed by atoms with Crippen LogP contribution in [0, 0.1) is 18.6 Å². The molecule has 2 aromatic carbocycles. The van der Waals surface area contributed by atoms with Crippen molar-refractivity contribution in [3.8, 4) is 33.9 Å². The maximum atomic E-state index is 14.6. The minimum atomic E-state index is -0.659. The van der Waals surface area contributed by atoms with E-state index in [1.165, 1.54) is 18.2 Å². The van der Waals surface area contributed by atoms with Gasteiger partial charge in [0, 0.05) is 17.2 Å². The summed E-state index contributed by atoms with van der Waals surface area (Å²) in [7, 11) is 3.08. The van der Waals surface area contributed by atoms with Gasteiger partial charge in [-0.15, -0.1) is 0 Å². The summed E-state index contributed by atoms with van der Waals surface area (Å²) in [6.45, 7) is 3.64. The number of nitrogens with zero attached hydrogens (tertiary/aromatic N) is 2. The van der Waals surface area contributed by atoms with Crippen molar-refractivity contribution in [1.82, 2.24) is 9.97 Å². The third kappa shape index (κ3) is 3.60. The SMILES string of the molecule is CCc1nc(C)nc(-c2cc(OC)cc(OC)c2)c1-c1c(F)cccc1F. The molecule has 0 N–H and O–H groups in total. The number of halogens is 2. The predicted molar refractivity (Wildman–Crippen MR) is 100 cm³/mol. The number of benzene rings is 2. The van der Waals surface area contributed by atoms with Crippen LogP contribution in [-0.4, -0.2) is 24.2 Å². The molecule has 0 fully saturated rings. The van der Waals surface area contributed by atoms with Crippen LogP contribution in [0.3, 0.4) is 0 Å². The van der Waals surface area contributed by atoms with Crippen molar-refractivity contribution in [2.45, 2.75) is 20.3 Å². The molecule has 3 aromatic rings. The van der Waals surface area contributed by atoms with Crippen molar-refractivity contribution in [3.05, 3.63) is 59.6 Å². The number of ether oxygens (including phenoxy) is 2. The van der Waals surface area contributed by atoms with E-state index in [-0.39, 0.29) is 5.56 Å². The van der Waals surface area contributed by atoms with Crippen LogP contribution in [0.25, 0.3) is 22.4 Å². The number of hydrogen-bond acceptors (Lipinski definition) is 4. The highest BCUT2D eigenvalue weighted by Crippen LogP contribution is 2.38. The van der Waals surface area contributed by atoms with Gasteiger partial charge in [-0.25, -0.2) is 18.7 Å². The molecule has 1 heterocycles. The largest absolute Gasteiger partial charge is 0.497 e. The van der Waals surface area contributed by atoms with Crippen molar-refractivity contribution in [2.24, 2.45) is 0 Å². The Kier molecular flexibility index (Phi) is 5.35. The van der Waals surface area contributed by atoms with Gasteiger partial charge in [-0.3, -0.25) is 0 Å². The van der Waals surface area contributed by atoms with Gasteiger partial charge in [0.1, 0.15) is 29.0 Å². The second kappa shape index (κ2) is 7.70. The van der Waals surface area contributed by atoms with Crippen molar-refractivity contribution in [1.29, 1.82) is 0 Å². The zero-order valence-corrected chi connectivity index (χ0v) is 15.6. The van der Waals surface area contributed by atoms with Crippen LogP contribution in [0.5, 0.6) is 11.5 Å². The Hall–Kier alpha value is -3.02. The summed E-state index contributed by atoms with van der Waals surface area (Å²) in [5.41, 5.74) is 1.84. The number of rotatable bonds is 5. The molecule has 0 spiro atoms. The van der Waals surface area contributed by atoms with Gasteiger partial charge in [0.15, 0.2) is 0 Å². The highest BCUT2D eigenvalue weighted by atomic mass is 19.1. The van der Waals surface area contributed by atoms with E-state index < -0.39 is 11.6 Å². The van der Waals surface area contributed by atoms with Gasteiger partial charge < -0.3 is 9.47 Å². The Bertz CT molecular complexity index is 948. The fraction of sp³-hybridized carbons (Fsp3) is 0.238. The second-order valence-electron chi connectivity index (χ2n) is 5.99. The average Bonchev–Trinajstić information content (AvgIpc) is 2.67. The molecule has 0 saturated carbocycles. The Morgan fingerprint density at radius 1 is 0.889 bits per heavy atom. The molecular formula is C21H20F2N2O2. The topological polar surface area (TPSA) is 44.2 Å². The number of aryl methyl sites for hydroxylation is 2. The van der Waals surface area contributed by atoms with Crippen LogP contribution >= 0.6 is 0 Å². The van der Waals surface area contributed by atoms with Crippen molar-refractivity contribution < 1.29 is 18.3 Å². The van der Waals surface area contributed by atoms with E-state index >= 15 is 0 Å². The van der Waals surface area contributed by atoms with Gasteiger partial charge in [-0.2, -0.15) is 0 Å². The summed E-state index contributed by atoms with van der Waals surface area (Å²) in [5, 5.41) is 0. The van der Waals surface area contributed by atoms with Crippen LogP contribution in [-0.2, 0) is 6.42 Å². The van der Waals surface area contributed by atoms with E-state index in [1.807, 2.05) is 6.92 Å². The molecule has 0 saturated heterocycles. The van der Waals surface area contributed by atoms with Crippen LogP contribution in [0.1, 0.15) is 18.4 Å². The second-order valence-corrected chi connectivity index (χ2v) is 5.99. The van der Waals surface area contributed by atoms with Crippen molar-refractivity contribution in [2.75, 3.05) is 14.2 Å². The molecule has 0 aliphatic rings. The maximum Gasteiger partial charge on any atom is 0.134 e. The van der Waals surface area contributed by atoms with Crippen molar-refractivity contribution in [3.63, 3.8) is 0 Å². The molecule has 0 unspecified atom stereocenters. The normalized spacial score (nSPS) is 10.7. The molecule has 1 aromatic heterocycles. The van der Waals surface area contributed by atoms with E-state index in [9.17, 15) is 8.78 Å². The van der Waals surface area contributed by atoms with Crippen molar-refractivity contribution >= 4 is 0 Å². The van der Waals surface area contributed by atoms with Crippen LogP contribution in [0.4, 0.5) is 8.78 Å². The molecule has 0 bridgehead atoms. The molecule has 0 aliphatic carbocycles. The average molecular weight is 370 g/mol. The quantitative estimate of drug-likeness (QED) is 0.636. The molecule has 3 rings (SSSR count). The van der Waals surface area contributed by atoms with E-state index in [2.05, 4.69) is 9.97 Å². The van der Waals surface area contributed by atoms with E-state index in [4.69, 9.17) is 9.47 Å². The fourth-order valence-electron chi connectivity index (χ4n) is 3.04. The minimum absolute atomic E-state index is 0.133. The number of hydrogen-bond donors (Lipinski definition) is 0. The molecule has 6 heteroatoms. The molecular weight excluding hydrogens is 350 g/mol. The Morgan fingerprint density at radius 2 is 1.48 bits per heavy atom. The minimum Gasteiger partial charge on any atom is -0.497 e. The molecule has 4 nitrogen and oxygen atoms in total. The molecule has 0 atom stereocenters. The van der Waals surface area contributed by atoms with Crippen LogP contribution in [0.15, 0.2) is 36.4 Å². The first-order valence-electron chi connectivity index (χ1n) is 8.53. The van der Waals surface area contributed by atoms with Crippen LogP contribution in [0.2, 0.25) is 0 Å². The highest BCUT2D eigenvalue weighted by molar-refractivity contribution is 5.84. The molecule has 0 radical (unpaired) electrons. The third-order valence-corrected chi connectivity index (χ3v) is 4.27. The first-order valence-corrected chi connectivity index (χ1v) is 8.53. The Morgan fingerprint density at radius 3 is 2.00 bits per heavy atom. The molecule has 0 aliphatic heterocycles. The molecule has 140 valence electrons. The van der Waals surface area contributed by atoms with Gasteiger partial charge in [0.2, 0.25) is 0 Å². The summed E-state index contributed by atoms with van der Waals surface area (Å²) >= 11 is 0. The van der Waals surface area contributed by atoms with Gasteiger partial charge in [-0.05, 0) is 37.6 Å². The van der Waals surface area contributed by atoms with Gasteiger partial charge in [-0.1, -0.05) is 13.0 Å². The summed E-state index contributed by atoms with van der Waals surface area (Å²) in [4.78, 5) is 8.92. The van der Waals surface area contributed by atoms with E-state index in [1.54, 1.807) is 39.3 Å². The van der Waals surface area contributed by atoms with Crippen LogP contribution < -0.4 is 9.47 Å². The first-order chi connectivity index (χ1) is 13.0. The number of methoxy groups -OCH3 is 2. The van der Waals surface area contributed by atoms with Gasteiger partial charge >= 0.3 is 0 Å². The fourth-order valence-corrected chi connectivity index (χ4v) is 3.04. The van der Waals surface area contributed by atoms with E-state index in [0.29, 0.717) is 46.3 Å². The highest BCUT2D eigenvalue weighted by Gasteiger charge is 2.22. The zero-order valence-electron chi connectivity index (χ0n) is 15.6. The zero-order chi connectivity index (χ0) is 19.6. The lowest BCUT2D eigenvalue weighted by Crippen LogP contribution is -2.05. The lowest BCUT2D eigenvalue weighted by Gasteiger charge is -2.16. The lowest BCUT2D eigenvalue weighted by atomic mass is 9.95. The summed E-state index contributed by atoms with van der Waals surface area (Å²) in [5.74, 6) is 0.308. The standard InChI is InChI=1S/C21H20F2N2O2/c1-5-18-20(19-16(22)7-6-8-17(19)23)21(25-12(2)24-18)13-9-14(26-3)11-15(10-13)27-4/h6-11H,5H2,1-4H3. The van der Waals surface area contributed by atoms with E-state index in [0.717, 1.165) is 0 Å². The summed E-state index contributed by atoms with van der Waals surface area (Å²) in [6.07, 6.45) is 0.501. The Balaban J connectivity index is 2.39. The lowest BCUT2D eigenvalue weighted by molar-refractivity contribution is 0.394. The van der Waals surface area contributed by atoms with Gasteiger partial charge in [0.25, 0.3) is 0 Å². The Labute approximate surface area is 156 Å². The smallest absolute Gasteiger partial charge is 0.134 e. The first kappa shape index (κ1) is 18.8. The molecule has 0 amide bonds. The predicted octanol–water partition coefficient (Wildman–Crippen LogP) is 4.98. The number of aromatic nitrogens is 2. The summed E-state index contributed by atoms with van der Waals surface area (Å²) in [6, 6.07) is 9.03.